The molecule has 9 nitrogen and oxygen atoms in total. The van der Waals surface area contributed by atoms with Gasteiger partial charge < -0.3 is 19.3 Å². The van der Waals surface area contributed by atoms with E-state index in [1.54, 1.807) is 28.7 Å². The van der Waals surface area contributed by atoms with Gasteiger partial charge in [-0.2, -0.15) is 15.8 Å². The summed E-state index contributed by atoms with van der Waals surface area (Å²) in [6.07, 6.45) is 14.6. The molecule has 11 heteroatoms. The number of anilines is 1. The average molecular weight is 758 g/mol. The second-order valence-corrected chi connectivity index (χ2v) is 15.3. The maximum absolute atomic E-state index is 13.5. The first kappa shape index (κ1) is 43.0. The number of carbonyl (C=O) groups excluding carboxylic acids is 2. The van der Waals surface area contributed by atoms with Crippen LogP contribution in [0.1, 0.15) is 117 Å². The van der Waals surface area contributed by atoms with Crippen LogP contribution in [0.25, 0.3) is 15.8 Å². The second kappa shape index (κ2) is 23.3. The molecule has 284 valence electrons. The number of hydrogen-bond donors (Lipinski definition) is 0. The van der Waals surface area contributed by atoms with Gasteiger partial charge in [0.25, 0.3) is 5.91 Å². The van der Waals surface area contributed by atoms with Gasteiger partial charge in [0.15, 0.2) is 5.57 Å². The Hall–Kier alpha value is -4.37. The molecule has 3 rings (SSSR count). The third-order valence-corrected chi connectivity index (χ3v) is 11.6. The zero-order valence-electron chi connectivity index (χ0n) is 32.2. The first-order valence-electron chi connectivity index (χ1n) is 19.3. The van der Waals surface area contributed by atoms with Gasteiger partial charge in [0.2, 0.25) is 0 Å². The fourth-order valence-electron chi connectivity index (χ4n) is 5.98. The van der Waals surface area contributed by atoms with E-state index in [2.05, 4.69) is 43.9 Å². The Labute approximate surface area is 324 Å². The minimum absolute atomic E-state index is 0.0227. The fourth-order valence-corrected chi connectivity index (χ4v) is 8.16. The number of esters is 1. The molecule has 0 N–H and O–H groups in total. The van der Waals surface area contributed by atoms with Crippen LogP contribution < -0.4 is 9.64 Å². The molecule has 1 unspecified atom stereocenters. The van der Waals surface area contributed by atoms with Gasteiger partial charge >= 0.3 is 5.97 Å². The third-order valence-electron chi connectivity index (χ3n) is 9.16. The second-order valence-electron chi connectivity index (χ2n) is 13.1. The van der Waals surface area contributed by atoms with Crippen LogP contribution in [0.4, 0.5) is 5.00 Å². The predicted octanol–water partition coefficient (Wildman–Crippen LogP) is 10.6. The molecule has 0 fully saturated rings. The van der Waals surface area contributed by atoms with Crippen LogP contribution in [0.5, 0.6) is 5.75 Å². The van der Waals surface area contributed by atoms with Crippen molar-refractivity contribution in [1.82, 2.24) is 4.90 Å². The summed E-state index contributed by atoms with van der Waals surface area (Å²) >= 11 is 3.29. The summed E-state index contributed by atoms with van der Waals surface area (Å²) < 4.78 is 12.0. The maximum atomic E-state index is 13.5. The molecule has 2 aromatic heterocycles. The van der Waals surface area contributed by atoms with Gasteiger partial charge in [-0.15, -0.1) is 22.7 Å². The molecule has 2 aromatic rings. The van der Waals surface area contributed by atoms with Crippen molar-refractivity contribution in [3.63, 3.8) is 0 Å². The van der Waals surface area contributed by atoms with E-state index >= 15 is 0 Å². The lowest BCUT2D eigenvalue weighted by Gasteiger charge is -2.22. The smallest absolute Gasteiger partial charge is 0.308 e. The molecule has 1 amide bonds. The minimum atomic E-state index is -0.379. The summed E-state index contributed by atoms with van der Waals surface area (Å²) in [5.41, 5.74) is 0.0838. The normalized spacial score (nSPS) is 13.3. The van der Waals surface area contributed by atoms with Gasteiger partial charge in [-0.05, 0) is 69.2 Å². The third kappa shape index (κ3) is 12.1. The number of thiophene rings is 2. The summed E-state index contributed by atoms with van der Waals surface area (Å²) in [6, 6.07) is 12.0. The lowest BCUT2D eigenvalue weighted by molar-refractivity contribution is -0.149. The van der Waals surface area contributed by atoms with E-state index in [0.717, 1.165) is 104 Å². The Morgan fingerprint density at radius 3 is 2.19 bits per heavy atom. The van der Waals surface area contributed by atoms with Crippen LogP contribution in [0.15, 0.2) is 46.7 Å². The lowest BCUT2D eigenvalue weighted by Crippen LogP contribution is -2.27. The van der Waals surface area contributed by atoms with Crippen LogP contribution >= 0.6 is 22.7 Å². The predicted molar refractivity (Wildman–Crippen MR) is 215 cm³/mol. The van der Waals surface area contributed by atoms with Crippen LogP contribution in [0.3, 0.4) is 0 Å². The van der Waals surface area contributed by atoms with Gasteiger partial charge in [0.1, 0.15) is 24.0 Å². The molecule has 0 aliphatic carbocycles. The van der Waals surface area contributed by atoms with Crippen molar-refractivity contribution in [3.8, 4) is 33.7 Å². The zero-order valence-corrected chi connectivity index (χ0v) is 33.8. The van der Waals surface area contributed by atoms with Crippen molar-refractivity contribution in [2.45, 2.75) is 112 Å². The Bertz CT molecular complexity index is 1710. The molecular formula is C42H55N5O4S2. The summed E-state index contributed by atoms with van der Waals surface area (Å²) in [7, 11) is 0. The Morgan fingerprint density at radius 1 is 0.887 bits per heavy atom. The molecule has 1 aliphatic heterocycles. The SMILES string of the molecule is CCCCC(CC)C(=O)OCCCCOc1cc(N(CCCC)CCCC)sc1-c1ccc(/C=C/C2=C(C#N)C(=C(C#N)C#N)N(CCCC)C2=O)s1. The molecule has 0 bridgehead atoms. The van der Waals surface area contributed by atoms with Gasteiger partial charge in [-0.25, -0.2) is 0 Å². The van der Waals surface area contributed by atoms with Gasteiger partial charge in [0.05, 0.1) is 45.9 Å². The minimum Gasteiger partial charge on any atom is -0.492 e. The van der Waals surface area contributed by atoms with Gasteiger partial charge in [0, 0.05) is 35.5 Å². The number of unbranched alkanes of at least 4 members (excludes halogenated alkanes) is 5. The van der Waals surface area contributed by atoms with Crippen LogP contribution in [0.2, 0.25) is 0 Å². The number of carbonyl (C=O) groups is 2. The number of nitrogens with zero attached hydrogens (tertiary/aromatic N) is 5. The van der Waals surface area contributed by atoms with E-state index in [9.17, 15) is 25.4 Å². The number of ether oxygens (including phenoxy) is 2. The monoisotopic (exact) mass is 757 g/mol. The number of allylic oxidation sites excluding steroid dienone is 2. The molecule has 0 saturated heterocycles. The Balaban J connectivity index is 1.85. The highest BCUT2D eigenvalue weighted by Crippen LogP contribution is 2.46. The van der Waals surface area contributed by atoms with E-state index in [0.29, 0.717) is 26.2 Å². The summed E-state index contributed by atoms with van der Waals surface area (Å²) in [6.45, 7) is 13.8. The van der Waals surface area contributed by atoms with E-state index in [1.807, 2.05) is 38.1 Å². The zero-order chi connectivity index (χ0) is 38.6. The number of hydrogen-bond acceptors (Lipinski definition) is 10. The highest BCUT2D eigenvalue weighted by Gasteiger charge is 2.36. The van der Waals surface area contributed by atoms with E-state index < -0.39 is 0 Å². The van der Waals surface area contributed by atoms with Crippen LogP contribution in [0, 0.1) is 39.9 Å². The molecule has 0 spiro atoms. The van der Waals surface area contributed by atoms with E-state index in [-0.39, 0.29) is 40.2 Å². The van der Waals surface area contributed by atoms with Crippen molar-refractivity contribution in [2.24, 2.45) is 5.92 Å². The molecule has 0 aromatic carbocycles. The van der Waals surface area contributed by atoms with Crippen molar-refractivity contribution in [1.29, 1.82) is 15.8 Å². The van der Waals surface area contributed by atoms with Crippen molar-refractivity contribution < 1.29 is 19.1 Å². The Morgan fingerprint density at radius 2 is 1.57 bits per heavy atom. The molecule has 3 heterocycles. The van der Waals surface area contributed by atoms with Gasteiger partial charge in [-0.3, -0.25) is 9.59 Å². The first-order chi connectivity index (χ1) is 25.8. The number of amides is 1. The highest BCUT2D eigenvalue weighted by molar-refractivity contribution is 7.24. The molecule has 0 saturated carbocycles. The van der Waals surface area contributed by atoms with Crippen LogP contribution in [-0.2, 0) is 14.3 Å². The van der Waals surface area contributed by atoms with Crippen LogP contribution in [-0.4, -0.2) is 49.6 Å². The average Bonchev–Trinajstić information content (AvgIpc) is 3.88. The fraction of sp³-hybridized carbons (Fsp3) is 0.548. The largest absolute Gasteiger partial charge is 0.492 e. The van der Waals surface area contributed by atoms with Crippen molar-refractivity contribution >= 4 is 45.6 Å². The highest BCUT2D eigenvalue weighted by atomic mass is 32.1. The number of nitriles is 3. The van der Waals surface area contributed by atoms with Crippen molar-refractivity contribution in [3.05, 3.63) is 51.6 Å². The molecule has 1 aliphatic rings. The molecule has 1 atom stereocenters. The molecule has 53 heavy (non-hydrogen) atoms. The topological polar surface area (TPSA) is 130 Å². The summed E-state index contributed by atoms with van der Waals surface area (Å²) in [4.78, 5) is 32.8. The maximum Gasteiger partial charge on any atom is 0.308 e. The molecule has 0 radical (unpaired) electrons. The summed E-state index contributed by atoms with van der Waals surface area (Å²) in [5.74, 6) is 0.330. The van der Waals surface area contributed by atoms with E-state index in [4.69, 9.17) is 9.47 Å². The lowest BCUT2D eigenvalue weighted by atomic mass is 10.00. The quantitative estimate of drug-likeness (QED) is 0.0587. The van der Waals surface area contributed by atoms with E-state index in [1.165, 1.54) is 9.90 Å². The Kier molecular flexibility index (Phi) is 18.9. The first-order valence-corrected chi connectivity index (χ1v) is 20.9. The van der Waals surface area contributed by atoms with Crippen molar-refractivity contribution in [2.75, 3.05) is 37.7 Å². The standard InChI is InChI=1S/C42H55N5O4S2/c1-6-11-17-31(10-5)42(49)51-26-16-15-25-50-36-27-38(46(22-12-7-2)23-13-8-3)53-40(36)37-21-19-33(52-37)18-20-34-35(30-45)39(32(28-43)29-44)47(41(34)48)24-14-9-4/h18-21,27,31H,6-17,22-26H2,1-5H3/b20-18+. The van der Waals surface area contributed by atoms with Gasteiger partial charge in [-0.1, -0.05) is 66.7 Å². The molecular weight excluding hydrogens is 703 g/mol. The summed E-state index contributed by atoms with van der Waals surface area (Å²) in [5, 5.41) is 30.4. The number of rotatable bonds is 24.